The van der Waals surface area contributed by atoms with Crippen molar-refractivity contribution in [2.75, 3.05) is 19.0 Å². The van der Waals surface area contributed by atoms with Gasteiger partial charge in [0.25, 0.3) is 0 Å². The molecule has 0 spiro atoms. The Labute approximate surface area is 81.3 Å². The summed E-state index contributed by atoms with van der Waals surface area (Å²) in [5, 5.41) is 17.9. The first kappa shape index (κ1) is 10.8. The van der Waals surface area contributed by atoms with Crippen molar-refractivity contribution in [2.45, 2.75) is 24.2 Å². The summed E-state index contributed by atoms with van der Waals surface area (Å²) in [6.45, 7) is 1.95. The third-order valence-corrected chi connectivity index (χ3v) is 3.45. The van der Waals surface area contributed by atoms with E-state index in [4.69, 9.17) is 14.9 Å². The highest BCUT2D eigenvalue weighted by Crippen LogP contribution is 2.37. The number of hydrogen-bond acceptors (Lipinski definition) is 4. The molecular weight excluding hydrogens is 192 g/mol. The molecule has 0 amide bonds. The third kappa shape index (κ3) is 2.36. The van der Waals surface area contributed by atoms with Gasteiger partial charge in [-0.05, 0) is 6.42 Å². The zero-order valence-corrected chi connectivity index (χ0v) is 8.34. The van der Waals surface area contributed by atoms with Gasteiger partial charge in [0.15, 0.2) is 5.60 Å². The second-order valence-electron chi connectivity index (χ2n) is 3.20. The molecule has 0 aromatic rings. The smallest absolute Gasteiger partial charge is 0.336 e. The molecule has 5 heteroatoms. The van der Waals surface area contributed by atoms with E-state index in [0.717, 1.165) is 0 Å². The van der Waals surface area contributed by atoms with Gasteiger partial charge in [0, 0.05) is 11.0 Å². The Morgan fingerprint density at radius 2 is 2.46 bits per heavy atom. The topological polar surface area (TPSA) is 66.8 Å². The monoisotopic (exact) mass is 206 g/mol. The van der Waals surface area contributed by atoms with E-state index >= 15 is 0 Å². The minimum absolute atomic E-state index is 0.0968. The lowest BCUT2D eigenvalue weighted by Gasteiger charge is -2.23. The maximum Gasteiger partial charge on any atom is 0.336 e. The number of carboxylic acids is 1. The molecule has 13 heavy (non-hydrogen) atoms. The molecule has 0 aromatic heterocycles. The molecule has 2 atom stereocenters. The van der Waals surface area contributed by atoms with E-state index in [2.05, 4.69) is 0 Å². The van der Waals surface area contributed by atoms with Crippen LogP contribution in [0.2, 0.25) is 0 Å². The molecule has 4 nitrogen and oxygen atoms in total. The van der Waals surface area contributed by atoms with Crippen molar-refractivity contribution < 1.29 is 19.7 Å². The van der Waals surface area contributed by atoms with Crippen molar-refractivity contribution >= 4 is 17.7 Å². The average Bonchev–Trinajstić information content (AvgIpc) is 2.45. The van der Waals surface area contributed by atoms with Crippen molar-refractivity contribution in [3.63, 3.8) is 0 Å². The summed E-state index contributed by atoms with van der Waals surface area (Å²) >= 11 is 1.60. The van der Waals surface area contributed by atoms with Crippen molar-refractivity contribution in [1.82, 2.24) is 0 Å². The number of carboxylic acid groups (broad SMARTS) is 1. The zero-order chi connectivity index (χ0) is 9.90. The van der Waals surface area contributed by atoms with Crippen LogP contribution in [0, 0.1) is 0 Å². The molecule has 1 heterocycles. The van der Waals surface area contributed by atoms with E-state index in [1.165, 1.54) is 0 Å². The minimum atomic E-state index is -1.06. The average molecular weight is 206 g/mol. The van der Waals surface area contributed by atoms with Crippen molar-refractivity contribution in [3.8, 4) is 0 Å². The number of thioether (sulfide) groups is 1. The zero-order valence-electron chi connectivity index (χ0n) is 7.52. The molecule has 0 bridgehead atoms. The van der Waals surface area contributed by atoms with Gasteiger partial charge in [0.2, 0.25) is 0 Å². The fourth-order valence-electron chi connectivity index (χ4n) is 1.41. The Morgan fingerprint density at radius 3 is 2.85 bits per heavy atom. The number of carbonyl (C=O) groups is 1. The van der Waals surface area contributed by atoms with Crippen molar-refractivity contribution in [2.24, 2.45) is 0 Å². The van der Waals surface area contributed by atoms with Crippen LogP contribution in [0.5, 0.6) is 0 Å². The first-order valence-electron chi connectivity index (χ1n) is 4.20. The predicted octanol–water partition coefficient (Wildman–Crippen LogP) is 0.344. The highest BCUT2D eigenvalue weighted by molar-refractivity contribution is 8.00. The first-order chi connectivity index (χ1) is 6.10. The maximum atomic E-state index is 11.0. The van der Waals surface area contributed by atoms with Crippen LogP contribution >= 0.6 is 11.8 Å². The standard InChI is InChI=1S/C8H14O4S/c1-6-4-8(5-13-6,7(10)11)12-3-2-9/h6,9H,2-5H2,1H3,(H,10,11). The van der Waals surface area contributed by atoms with Gasteiger partial charge in [-0.3, -0.25) is 0 Å². The molecule has 1 rings (SSSR count). The van der Waals surface area contributed by atoms with Crippen LogP contribution in [-0.2, 0) is 9.53 Å². The molecule has 1 aliphatic heterocycles. The largest absolute Gasteiger partial charge is 0.479 e. The molecule has 76 valence electrons. The van der Waals surface area contributed by atoms with Gasteiger partial charge in [-0.25, -0.2) is 4.79 Å². The van der Waals surface area contributed by atoms with Crippen LogP contribution < -0.4 is 0 Å². The summed E-state index contributed by atoms with van der Waals surface area (Å²) < 4.78 is 5.20. The van der Waals surface area contributed by atoms with Crippen LogP contribution in [0.25, 0.3) is 0 Å². The summed E-state index contributed by atoms with van der Waals surface area (Å²) in [6, 6.07) is 0. The van der Waals surface area contributed by atoms with E-state index in [9.17, 15) is 4.79 Å². The fourth-order valence-corrected chi connectivity index (χ4v) is 2.68. The summed E-state index contributed by atoms with van der Waals surface area (Å²) in [6.07, 6.45) is 0.521. The fraction of sp³-hybridized carbons (Fsp3) is 0.875. The highest BCUT2D eigenvalue weighted by Gasteiger charge is 2.45. The highest BCUT2D eigenvalue weighted by atomic mass is 32.2. The van der Waals surface area contributed by atoms with Gasteiger partial charge in [0.1, 0.15) is 0 Å². The number of hydrogen-bond donors (Lipinski definition) is 2. The van der Waals surface area contributed by atoms with Gasteiger partial charge in [-0.15, -0.1) is 0 Å². The van der Waals surface area contributed by atoms with E-state index < -0.39 is 11.6 Å². The Hall–Kier alpha value is -0.260. The minimum Gasteiger partial charge on any atom is -0.479 e. The van der Waals surface area contributed by atoms with Crippen LogP contribution in [0.4, 0.5) is 0 Å². The lowest BCUT2D eigenvalue weighted by molar-refractivity contribution is -0.163. The van der Waals surface area contributed by atoms with Crippen molar-refractivity contribution in [3.05, 3.63) is 0 Å². The Balaban J connectivity index is 2.60. The quantitative estimate of drug-likeness (QED) is 0.694. The van der Waals surface area contributed by atoms with Crippen molar-refractivity contribution in [1.29, 1.82) is 0 Å². The van der Waals surface area contributed by atoms with Gasteiger partial charge in [-0.1, -0.05) is 6.92 Å². The summed E-state index contributed by atoms with van der Waals surface area (Å²) in [7, 11) is 0. The molecule has 0 aliphatic carbocycles. The van der Waals surface area contributed by atoms with Crippen LogP contribution in [0.3, 0.4) is 0 Å². The number of rotatable bonds is 4. The molecular formula is C8H14O4S. The first-order valence-corrected chi connectivity index (χ1v) is 5.25. The summed E-state index contributed by atoms with van der Waals surface area (Å²) in [5.74, 6) is -0.443. The molecule has 0 radical (unpaired) electrons. The molecule has 1 aliphatic rings. The molecule has 1 fully saturated rings. The Bertz CT molecular complexity index is 197. The molecule has 0 saturated carbocycles. The molecule has 2 unspecified atom stereocenters. The van der Waals surface area contributed by atoms with Gasteiger partial charge in [0.05, 0.1) is 13.2 Å². The summed E-state index contributed by atoms with van der Waals surface area (Å²) in [5.41, 5.74) is -1.06. The van der Waals surface area contributed by atoms with Crippen LogP contribution in [0.1, 0.15) is 13.3 Å². The van der Waals surface area contributed by atoms with Crippen LogP contribution in [-0.4, -0.2) is 46.0 Å². The molecule has 1 saturated heterocycles. The second-order valence-corrected chi connectivity index (χ2v) is 4.62. The lowest BCUT2D eigenvalue weighted by atomic mass is 10.0. The molecule has 2 N–H and O–H groups in total. The Morgan fingerprint density at radius 1 is 1.77 bits per heavy atom. The number of aliphatic hydroxyl groups excluding tert-OH is 1. The molecule has 0 aromatic carbocycles. The van der Waals surface area contributed by atoms with Gasteiger partial charge >= 0.3 is 5.97 Å². The predicted molar refractivity (Wildman–Crippen MR) is 49.9 cm³/mol. The number of aliphatic carboxylic acids is 1. The normalized spacial score (nSPS) is 33.5. The maximum absolute atomic E-state index is 11.0. The second kappa shape index (κ2) is 4.30. The van der Waals surface area contributed by atoms with Gasteiger partial charge in [-0.2, -0.15) is 11.8 Å². The third-order valence-electron chi connectivity index (χ3n) is 2.08. The number of ether oxygens (including phenoxy) is 1. The Kier molecular flexibility index (Phi) is 3.58. The SMILES string of the molecule is CC1CC(OCCO)(C(=O)O)CS1. The van der Waals surface area contributed by atoms with E-state index in [1.54, 1.807) is 11.8 Å². The summed E-state index contributed by atoms with van der Waals surface area (Å²) in [4.78, 5) is 11.0. The number of aliphatic hydroxyl groups is 1. The van der Waals surface area contributed by atoms with Crippen LogP contribution in [0.15, 0.2) is 0 Å². The lowest BCUT2D eigenvalue weighted by Crippen LogP contribution is -2.42. The van der Waals surface area contributed by atoms with E-state index in [-0.39, 0.29) is 13.2 Å². The van der Waals surface area contributed by atoms with E-state index in [0.29, 0.717) is 17.4 Å². The van der Waals surface area contributed by atoms with Gasteiger partial charge < -0.3 is 14.9 Å². The van der Waals surface area contributed by atoms with E-state index in [1.807, 2.05) is 6.92 Å².